The van der Waals surface area contributed by atoms with Crippen molar-refractivity contribution in [2.45, 2.75) is 13.0 Å². The monoisotopic (exact) mass is 292 g/mol. The highest BCUT2D eigenvalue weighted by Crippen LogP contribution is 2.26. The van der Waals surface area contributed by atoms with Gasteiger partial charge in [-0.15, -0.1) is 10.2 Å². The van der Waals surface area contributed by atoms with Crippen LogP contribution >= 0.6 is 11.6 Å². The summed E-state index contributed by atoms with van der Waals surface area (Å²) < 4.78 is 5.73. The number of halogens is 1. The lowest BCUT2D eigenvalue weighted by Crippen LogP contribution is -2.27. The van der Waals surface area contributed by atoms with E-state index in [1.165, 1.54) is 0 Å². The zero-order valence-electron chi connectivity index (χ0n) is 11.2. The molecular weight excluding hydrogens is 276 g/mol. The molecule has 3 rings (SSSR count). The molecule has 0 atom stereocenters. The van der Waals surface area contributed by atoms with Gasteiger partial charge >= 0.3 is 0 Å². The van der Waals surface area contributed by atoms with Gasteiger partial charge in [-0.1, -0.05) is 23.7 Å². The predicted molar refractivity (Wildman–Crippen MR) is 77.5 cm³/mol. The Labute approximate surface area is 122 Å². The van der Waals surface area contributed by atoms with Crippen molar-refractivity contribution >= 4 is 11.6 Å². The number of hydrogen-bond donors (Lipinski definition) is 1. The minimum atomic E-state index is 0.485. The molecule has 1 aliphatic rings. The summed E-state index contributed by atoms with van der Waals surface area (Å²) in [5.41, 5.74) is 0.783. The van der Waals surface area contributed by atoms with E-state index in [0.717, 1.165) is 38.2 Å². The molecule has 6 heteroatoms. The maximum atomic E-state index is 6.14. The van der Waals surface area contributed by atoms with Crippen molar-refractivity contribution in [2.75, 3.05) is 26.2 Å². The third-order valence-electron chi connectivity index (χ3n) is 3.36. The summed E-state index contributed by atoms with van der Waals surface area (Å²) in [6, 6.07) is 7.50. The highest BCUT2D eigenvalue weighted by atomic mass is 35.5. The first-order valence-electron chi connectivity index (χ1n) is 6.83. The number of aromatic nitrogens is 2. The van der Waals surface area contributed by atoms with Gasteiger partial charge in [0, 0.05) is 13.1 Å². The van der Waals surface area contributed by atoms with Gasteiger partial charge < -0.3 is 9.73 Å². The van der Waals surface area contributed by atoms with Crippen molar-refractivity contribution in [3.63, 3.8) is 0 Å². The average molecular weight is 293 g/mol. The first kappa shape index (κ1) is 13.5. The average Bonchev–Trinajstić information content (AvgIpc) is 2.75. The fourth-order valence-corrected chi connectivity index (χ4v) is 2.53. The van der Waals surface area contributed by atoms with Crippen LogP contribution in [0.1, 0.15) is 12.3 Å². The Kier molecular flexibility index (Phi) is 4.30. The summed E-state index contributed by atoms with van der Waals surface area (Å²) in [5.74, 6) is 1.13. The van der Waals surface area contributed by atoms with Gasteiger partial charge in [0.05, 0.1) is 17.1 Å². The summed E-state index contributed by atoms with van der Waals surface area (Å²) in [5, 5.41) is 12.2. The van der Waals surface area contributed by atoms with E-state index in [2.05, 4.69) is 20.4 Å². The van der Waals surface area contributed by atoms with Gasteiger partial charge in [0.1, 0.15) is 0 Å². The predicted octanol–water partition coefficient (Wildman–Crippen LogP) is 2.19. The molecule has 20 heavy (non-hydrogen) atoms. The van der Waals surface area contributed by atoms with Crippen molar-refractivity contribution in [1.29, 1.82) is 0 Å². The van der Waals surface area contributed by atoms with E-state index >= 15 is 0 Å². The zero-order chi connectivity index (χ0) is 13.8. The largest absolute Gasteiger partial charge is 0.419 e. The summed E-state index contributed by atoms with van der Waals surface area (Å²) in [4.78, 5) is 2.32. The third kappa shape index (κ3) is 3.17. The number of hydrogen-bond acceptors (Lipinski definition) is 5. The number of nitrogens with one attached hydrogen (secondary N) is 1. The maximum absolute atomic E-state index is 6.14. The Morgan fingerprint density at radius 1 is 1.20 bits per heavy atom. The van der Waals surface area contributed by atoms with Crippen LogP contribution in [-0.4, -0.2) is 41.3 Å². The molecule has 0 unspecified atom stereocenters. The Bertz CT molecular complexity index is 564. The molecule has 0 radical (unpaired) electrons. The zero-order valence-corrected chi connectivity index (χ0v) is 11.9. The van der Waals surface area contributed by atoms with Crippen LogP contribution in [0.3, 0.4) is 0 Å². The quantitative estimate of drug-likeness (QED) is 0.940. The summed E-state index contributed by atoms with van der Waals surface area (Å²) in [6.07, 6.45) is 1.14. The maximum Gasteiger partial charge on any atom is 0.249 e. The molecule has 1 aromatic carbocycles. The van der Waals surface area contributed by atoms with Crippen LogP contribution < -0.4 is 5.32 Å². The van der Waals surface area contributed by atoms with E-state index in [4.69, 9.17) is 16.0 Å². The van der Waals surface area contributed by atoms with Gasteiger partial charge in [-0.25, -0.2) is 0 Å². The van der Waals surface area contributed by atoms with Crippen LogP contribution in [0.25, 0.3) is 11.5 Å². The number of benzene rings is 1. The second-order valence-corrected chi connectivity index (χ2v) is 5.27. The Morgan fingerprint density at radius 3 is 3.00 bits per heavy atom. The van der Waals surface area contributed by atoms with Crippen LogP contribution in [0.5, 0.6) is 0 Å². The lowest BCUT2D eigenvalue weighted by atomic mass is 10.2. The lowest BCUT2D eigenvalue weighted by Gasteiger charge is -2.16. The van der Waals surface area contributed by atoms with Crippen molar-refractivity contribution in [1.82, 2.24) is 20.4 Å². The molecule has 0 aliphatic carbocycles. The van der Waals surface area contributed by atoms with Gasteiger partial charge in [-0.2, -0.15) is 0 Å². The fourth-order valence-electron chi connectivity index (χ4n) is 2.31. The van der Waals surface area contributed by atoms with Crippen LogP contribution in [0.15, 0.2) is 28.7 Å². The molecule has 0 amide bonds. The van der Waals surface area contributed by atoms with Crippen molar-refractivity contribution < 1.29 is 4.42 Å². The van der Waals surface area contributed by atoms with E-state index in [9.17, 15) is 0 Å². The molecular formula is C14H17ClN4O. The summed E-state index contributed by atoms with van der Waals surface area (Å²) >= 11 is 6.14. The smallest absolute Gasteiger partial charge is 0.249 e. The third-order valence-corrected chi connectivity index (χ3v) is 3.69. The molecule has 2 heterocycles. The molecule has 5 nitrogen and oxygen atoms in total. The first-order chi connectivity index (χ1) is 9.83. The normalized spacial score (nSPS) is 17.1. The highest BCUT2D eigenvalue weighted by Gasteiger charge is 2.15. The van der Waals surface area contributed by atoms with Gasteiger partial charge in [0.2, 0.25) is 11.8 Å². The Hall–Kier alpha value is -1.43. The van der Waals surface area contributed by atoms with Crippen LogP contribution in [0, 0.1) is 0 Å². The van der Waals surface area contributed by atoms with Crippen LogP contribution in [-0.2, 0) is 6.54 Å². The lowest BCUT2D eigenvalue weighted by molar-refractivity contribution is 0.255. The molecule has 0 spiro atoms. The fraction of sp³-hybridized carbons (Fsp3) is 0.429. The van der Waals surface area contributed by atoms with E-state index in [-0.39, 0.29) is 0 Å². The van der Waals surface area contributed by atoms with Gasteiger partial charge in [-0.05, 0) is 31.6 Å². The first-order valence-corrected chi connectivity index (χ1v) is 7.21. The van der Waals surface area contributed by atoms with E-state index in [0.29, 0.717) is 23.3 Å². The van der Waals surface area contributed by atoms with E-state index < -0.39 is 0 Å². The summed E-state index contributed by atoms with van der Waals surface area (Å²) in [6.45, 7) is 4.83. The minimum absolute atomic E-state index is 0.485. The molecule has 2 aromatic rings. The van der Waals surface area contributed by atoms with Crippen LogP contribution in [0.2, 0.25) is 5.02 Å². The summed E-state index contributed by atoms with van der Waals surface area (Å²) in [7, 11) is 0. The van der Waals surface area contributed by atoms with Gasteiger partial charge in [0.25, 0.3) is 0 Å². The standard InChI is InChI=1S/C14H17ClN4O/c15-12-5-2-1-4-11(12)14-18-17-13(20-14)10-19-8-3-6-16-7-9-19/h1-2,4-5,16H,3,6-10H2. The van der Waals surface area contributed by atoms with Crippen molar-refractivity contribution in [2.24, 2.45) is 0 Å². The minimum Gasteiger partial charge on any atom is -0.419 e. The topological polar surface area (TPSA) is 54.2 Å². The van der Waals surface area contributed by atoms with Crippen LogP contribution in [0.4, 0.5) is 0 Å². The Balaban J connectivity index is 1.72. The Morgan fingerprint density at radius 2 is 2.10 bits per heavy atom. The molecule has 1 aliphatic heterocycles. The van der Waals surface area contributed by atoms with Gasteiger partial charge in [-0.3, -0.25) is 4.90 Å². The second-order valence-electron chi connectivity index (χ2n) is 4.86. The molecule has 1 N–H and O–H groups in total. The number of rotatable bonds is 3. The van der Waals surface area contributed by atoms with Crippen molar-refractivity contribution in [3.8, 4) is 11.5 Å². The van der Waals surface area contributed by atoms with E-state index in [1.807, 2.05) is 24.3 Å². The van der Waals surface area contributed by atoms with Gasteiger partial charge in [0.15, 0.2) is 0 Å². The van der Waals surface area contributed by atoms with E-state index in [1.54, 1.807) is 0 Å². The molecule has 106 valence electrons. The molecule has 1 saturated heterocycles. The molecule has 1 fully saturated rings. The molecule has 0 bridgehead atoms. The van der Waals surface area contributed by atoms with Crippen molar-refractivity contribution in [3.05, 3.63) is 35.2 Å². The number of nitrogens with zero attached hydrogens (tertiary/aromatic N) is 3. The highest BCUT2D eigenvalue weighted by molar-refractivity contribution is 6.33. The molecule has 1 aromatic heterocycles. The SMILES string of the molecule is Clc1ccccc1-c1nnc(CN2CCCNCC2)o1. The second kappa shape index (κ2) is 6.35. The molecule has 0 saturated carbocycles.